The first-order valence-corrected chi connectivity index (χ1v) is 7.43. The van der Waals surface area contributed by atoms with Crippen LogP contribution in [0.3, 0.4) is 0 Å². The zero-order chi connectivity index (χ0) is 14.4. The maximum Gasteiger partial charge on any atom is 0.165 e. The van der Waals surface area contributed by atoms with Gasteiger partial charge in [-0.3, -0.25) is 4.79 Å². The van der Waals surface area contributed by atoms with Crippen LogP contribution in [-0.4, -0.2) is 10.4 Å². The molecule has 106 valence electrons. The van der Waals surface area contributed by atoms with E-state index in [1.165, 1.54) is 11.4 Å². The number of aromatic nitrogens is 1. The lowest BCUT2D eigenvalue weighted by molar-refractivity contribution is 0.0907. The van der Waals surface area contributed by atoms with Crippen molar-refractivity contribution in [1.29, 1.82) is 0 Å². The van der Waals surface area contributed by atoms with Crippen LogP contribution < -0.4 is 0 Å². The van der Waals surface area contributed by atoms with E-state index in [2.05, 4.69) is 52.2 Å². The molecule has 0 fully saturated rings. The van der Waals surface area contributed by atoms with Crippen LogP contribution in [0.15, 0.2) is 6.07 Å². The fourth-order valence-electron chi connectivity index (χ4n) is 3.72. The van der Waals surface area contributed by atoms with Gasteiger partial charge >= 0.3 is 0 Å². The smallest absolute Gasteiger partial charge is 0.165 e. The Morgan fingerprint density at radius 3 is 2.53 bits per heavy atom. The summed E-state index contributed by atoms with van der Waals surface area (Å²) in [6.07, 6.45) is 3.99. The van der Waals surface area contributed by atoms with Gasteiger partial charge in [-0.15, -0.1) is 0 Å². The van der Waals surface area contributed by atoms with Gasteiger partial charge in [-0.05, 0) is 45.1 Å². The minimum absolute atomic E-state index is 0.0922. The number of ketones is 1. The van der Waals surface area contributed by atoms with E-state index in [0.29, 0.717) is 12.2 Å². The van der Waals surface area contributed by atoms with Gasteiger partial charge in [0.2, 0.25) is 0 Å². The van der Waals surface area contributed by atoms with Crippen molar-refractivity contribution in [3.8, 4) is 0 Å². The lowest BCUT2D eigenvalue weighted by atomic mass is 9.76. The van der Waals surface area contributed by atoms with Crippen molar-refractivity contribution in [3.63, 3.8) is 0 Å². The number of rotatable bonds is 3. The Labute approximate surface area is 117 Å². The van der Waals surface area contributed by atoms with Crippen molar-refractivity contribution in [3.05, 3.63) is 23.0 Å². The maximum atomic E-state index is 12.3. The number of nitrogens with zero attached hydrogens (tertiary/aromatic N) is 1. The van der Waals surface area contributed by atoms with E-state index >= 15 is 0 Å². The Hall–Kier alpha value is -1.05. The van der Waals surface area contributed by atoms with Crippen LogP contribution in [0.2, 0.25) is 0 Å². The van der Waals surface area contributed by atoms with Crippen LogP contribution in [0, 0.1) is 12.3 Å². The molecule has 19 heavy (non-hydrogen) atoms. The molecule has 2 heteroatoms. The highest BCUT2D eigenvalue weighted by atomic mass is 16.1. The van der Waals surface area contributed by atoms with Crippen LogP contribution in [-0.2, 0) is 12.0 Å². The molecule has 1 aromatic rings. The molecule has 0 radical (unpaired) electrons. The Morgan fingerprint density at radius 1 is 1.32 bits per heavy atom. The Balaban J connectivity index is 2.56. The van der Waals surface area contributed by atoms with Gasteiger partial charge in [-0.2, -0.15) is 0 Å². The molecule has 0 N–H and O–H groups in total. The van der Waals surface area contributed by atoms with Crippen LogP contribution in [0.4, 0.5) is 0 Å². The molecule has 2 rings (SSSR count). The number of carbonyl (C=O) groups excluding carboxylic acids is 1. The third-order valence-corrected chi connectivity index (χ3v) is 4.34. The summed E-state index contributed by atoms with van der Waals surface area (Å²) in [6, 6.07) is 2.10. The van der Waals surface area contributed by atoms with Gasteiger partial charge in [-0.25, -0.2) is 0 Å². The number of fused-ring (bicyclic) bond motifs is 1. The first kappa shape index (κ1) is 14.4. The van der Waals surface area contributed by atoms with Crippen molar-refractivity contribution in [1.82, 2.24) is 4.57 Å². The lowest BCUT2D eigenvalue weighted by Crippen LogP contribution is -2.34. The molecule has 1 aliphatic carbocycles. The molecule has 1 heterocycles. The van der Waals surface area contributed by atoms with E-state index in [9.17, 15) is 4.79 Å². The molecule has 0 atom stereocenters. The number of hydrogen-bond donors (Lipinski definition) is 0. The average molecular weight is 261 g/mol. The minimum atomic E-state index is 0.0922. The van der Waals surface area contributed by atoms with Crippen molar-refractivity contribution < 1.29 is 4.79 Å². The van der Waals surface area contributed by atoms with Crippen LogP contribution in [0.1, 0.15) is 75.6 Å². The third kappa shape index (κ3) is 2.50. The van der Waals surface area contributed by atoms with Crippen LogP contribution >= 0.6 is 0 Å². The van der Waals surface area contributed by atoms with Gasteiger partial charge in [0.15, 0.2) is 5.78 Å². The second kappa shape index (κ2) is 4.50. The highest BCUT2D eigenvalue weighted by molar-refractivity contribution is 5.99. The SMILES string of the molecule is CCCC(C)(C)n1c(C)cc2c1CC(C)(C)CC2=O. The molecule has 2 nitrogen and oxygen atoms in total. The first-order valence-electron chi connectivity index (χ1n) is 7.43. The number of aryl methyl sites for hydroxylation is 1. The fourth-order valence-corrected chi connectivity index (χ4v) is 3.72. The molecule has 0 saturated carbocycles. The second-order valence-corrected chi connectivity index (χ2v) is 7.48. The predicted molar refractivity (Wildman–Crippen MR) is 79.8 cm³/mol. The molecule has 0 aliphatic heterocycles. The molecular formula is C17H27NO. The Bertz CT molecular complexity index is 506. The number of hydrogen-bond acceptors (Lipinski definition) is 1. The Kier molecular flexibility index (Phi) is 3.40. The normalized spacial score (nSPS) is 18.5. The average Bonchev–Trinajstić information content (AvgIpc) is 2.53. The fraction of sp³-hybridized carbons (Fsp3) is 0.706. The van der Waals surface area contributed by atoms with Gasteiger partial charge in [0, 0.05) is 28.9 Å². The van der Waals surface area contributed by atoms with E-state index in [-0.39, 0.29) is 11.0 Å². The standard InChI is InChI=1S/C17H27NO/c1-7-8-17(5,6)18-12(2)9-13-14(18)10-16(3,4)11-15(13)19/h9H,7-8,10-11H2,1-6H3. The van der Waals surface area contributed by atoms with Crippen LogP contribution in [0.5, 0.6) is 0 Å². The van der Waals surface area contributed by atoms with E-state index in [1.807, 2.05) is 0 Å². The number of Topliss-reactive ketones (excluding diaryl/α,β-unsaturated/α-hetero) is 1. The van der Waals surface area contributed by atoms with Crippen molar-refractivity contribution in [2.75, 3.05) is 0 Å². The molecule has 0 saturated heterocycles. The maximum absolute atomic E-state index is 12.3. The number of carbonyl (C=O) groups is 1. The topological polar surface area (TPSA) is 22.0 Å². The van der Waals surface area contributed by atoms with Crippen molar-refractivity contribution >= 4 is 5.78 Å². The van der Waals surface area contributed by atoms with Gasteiger partial charge in [0.05, 0.1) is 0 Å². The summed E-state index contributed by atoms with van der Waals surface area (Å²) in [4.78, 5) is 12.3. The van der Waals surface area contributed by atoms with Crippen molar-refractivity contribution in [2.45, 2.75) is 72.8 Å². The van der Waals surface area contributed by atoms with E-state index in [1.54, 1.807) is 0 Å². The molecular weight excluding hydrogens is 234 g/mol. The molecule has 0 amide bonds. The monoisotopic (exact) mass is 261 g/mol. The highest BCUT2D eigenvalue weighted by Gasteiger charge is 2.36. The summed E-state index contributed by atoms with van der Waals surface area (Å²) >= 11 is 0. The zero-order valence-electron chi connectivity index (χ0n) is 13.3. The molecule has 1 aliphatic rings. The second-order valence-electron chi connectivity index (χ2n) is 7.48. The Morgan fingerprint density at radius 2 is 1.95 bits per heavy atom. The molecule has 0 unspecified atom stereocenters. The van der Waals surface area contributed by atoms with Gasteiger partial charge in [0.1, 0.15) is 0 Å². The molecule has 1 aromatic heterocycles. The van der Waals surface area contributed by atoms with Gasteiger partial charge in [-0.1, -0.05) is 27.2 Å². The molecule has 0 bridgehead atoms. The summed E-state index contributed by atoms with van der Waals surface area (Å²) < 4.78 is 2.42. The molecule has 0 spiro atoms. The van der Waals surface area contributed by atoms with Crippen LogP contribution in [0.25, 0.3) is 0 Å². The van der Waals surface area contributed by atoms with E-state index in [4.69, 9.17) is 0 Å². The minimum Gasteiger partial charge on any atom is -0.343 e. The summed E-state index contributed by atoms with van der Waals surface area (Å²) in [6.45, 7) is 13.3. The predicted octanol–water partition coefficient (Wildman–Crippen LogP) is 4.49. The zero-order valence-corrected chi connectivity index (χ0v) is 13.3. The van der Waals surface area contributed by atoms with Gasteiger partial charge < -0.3 is 4.57 Å². The third-order valence-electron chi connectivity index (χ3n) is 4.34. The van der Waals surface area contributed by atoms with Gasteiger partial charge in [0.25, 0.3) is 0 Å². The van der Waals surface area contributed by atoms with E-state index < -0.39 is 0 Å². The molecule has 0 aromatic carbocycles. The summed E-state index contributed by atoms with van der Waals surface area (Å²) in [5.74, 6) is 0.320. The summed E-state index contributed by atoms with van der Waals surface area (Å²) in [5, 5.41) is 0. The van der Waals surface area contributed by atoms with E-state index in [0.717, 1.165) is 24.8 Å². The summed E-state index contributed by atoms with van der Waals surface area (Å²) in [5.41, 5.74) is 3.65. The largest absolute Gasteiger partial charge is 0.343 e. The quantitative estimate of drug-likeness (QED) is 0.786. The first-order chi connectivity index (χ1) is 8.68. The van der Waals surface area contributed by atoms with Crippen molar-refractivity contribution in [2.24, 2.45) is 5.41 Å². The highest BCUT2D eigenvalue weighted by Crippen LogP contribution is 2.39. The lowest BCUT2D eigenvalue weighted by Gasteiger charge is -2.35. The summed E-state index contributed by atoms with van der Waals surface area (Å²) in [7, 11) is 0.